The van der Waals surface area contributed by atoms with E-state index in [9.17, 15) is 4.39 Å². The highest BCUT2D eigenvalue weighted by Crippen LogP contribution is 2.14. The van der Waals surface area contributed by atoms with Crippen molar-refractivity contribution in [2.24, 2.45) is 0 Å². The molecule has 0 aliphatic heterocycles. The van der Waals surface area contributed by atoms with E-state index >= 15 is 0 Å². The molecule has 1 aromatic carbocycles. The van der Waals surface area contributed by atoms with Gasteiger partial charge in [-0.2, -0.15) is 0 Å². The Hall–Kier alpha value is -1.44. The first-order valence-electron chi connectivity index (χ1n) is 3.36. The van der Waals surface area contributed by atoms with Gasteiger partial charge in [0.05, 0.1) is 6.20 Å². The molecule has 0 atom stereocenters. The molecule has 0 aliphatic carbocycles. The molecule has 2 heteroatoms. The molecule has 0 unspecified atom stereocenters. The van der Waals surface area contributed by atoms with Crippen molar-refractivity contribution in [1.29, 1.82) is 0 Å². The van der Waals surface area contributed by atoms with Crippen LogP contribution in [-0.2, 0) is 0 Å². The van der Waals surface area contributed by atoms with E-state index in [-0.39, 0.29) is 5.82 Å². The van der Waals surface area contributed by atoms with Gasteiger partial charge in [-0.15, -0.1) is 0 Å². The van der Waals surface area contributed by atoms with Gasteiger partial charge in [0, 0.05) is 17.0 Å². The molecule has 0 saturated heterocycles. The van der Waals surface area contributed by atoms with Crippen molar-refractivity contribution in [1.82, 2.24) is 4.98 Å². The zero-order valence-electron chi connectivity index (χ0n) is 5.79. The molecular formula is C9H6FN. The van der Waals surface area contributed by atoms with Gasteiger partial charge in [0.25, 0.3) is 0 Å². The molecule has 2 rings (SSSR count). The smallest absolute Gasteiger partial charge is 0.149 e. The molecule has 11 heavy (non-hydrogen) atoms. The van der Waals surface area contributed by atoms with Crippen molar-refractivity contribution in [3.8, 4) is 0 Å². The lowest BCUT2D eigenvalue weighted by Crippen LogP contribution is -1.80. The average Bonchev–Trinajstić information content (AvgIpc) is 2.06. The fourth-order valence-electron chi connectivity index (χ4n) is 1.08. The summed E-state index contributed by atoms with van der Waals surface area (Å²) in [5.41, 5.74) is 0. The van der Waals surface area contributed by atoms with Crippen LogP contribution in [0, 0.1) is 5.82 Å². The lowest BCUT2D eigenvalue weighted by molar-refractivity contribution is 0.634. The molecule has 2 aromatic rings. The Kier molecular flexibility index (Phi) is 1.32. The average molecular weight is 146 g/mol. The van der Waals surface area contributed by atoms with Gasteiger partial charge in [-0.3, -0.25) is 4.98 Å². The number of nitrogens with zero attached hydrogens (tertiary/aromatic N) is 1. The third-order valence-electron chi connectivity index (χ3n) is 1.62. The summed E-state index contributed by atoms with van der Waals surface area (Å²) in [7, 11) is 0. The molecule has 0 fully saturated rings. The maximum atomic E-state index is 12.9. The predicted molar refractivity (Wildman–Crippen MR) is 41.7 cm³/mol. The number of benzene rings is 1. The molecule has 1 aromatic heterocycles. The van der Waals surface area contributed by atoms with Crippen molar-refractivity contribution in [2.45, 2.75) is 0 Å². The van der Waals surface area contributed by atoms with Crippen LogP contribution in [0.5, 0.6) is 0 Å². The Morgan fingerprint density at radius 3 is 2.73 bits per heavy atom. The first-order valence-corrected chi connectivity index (χ1v) is 3.36. The van der Waals surface area contributed by atoms with Gasteiger partial charge in [-0.25, -0.2) is 4.39 Å². The van der Waals surface area contributed by atoms with Gasteiger partial charge < -0.3 is 0 Å². The highest BCUT2D eigenvalue weighted by atomic mass is 18.2. The molecule has 0 radical (unpaired) electrons. The van der Waals surface area contributed by atoms with E-state index in [1.165, 1.54) is 6.20 Å². The normalized spacial score (nSPS) is 10.3. The molecule has 54 valence electrons. The summed E-state index contributed by atoms with van der Waals surface area (Å²) in [5, 5.41) is 1.47. The summed E-state index contributed by atoms with van der Waals surface area (Å²) in [6.07, 6.45) is 2.88. The SMILES string of the molecule is [18F]c1cncc2ccccc12. The van der Waals surface area contributed by atoms with E-state index in [2.05, 4.69) is 4.98 Å². The number of fused-ring (bicyclic) bond motifs is 1. The molecule has 0 spiro atoms. The second-order valence-electron chi connectivity index (χ2n) is 2.34. The van der Waals surface area contributed by atoms with E-state index < -0.39 is 0 Å². The van der Waals surface area contributed by atoms with E-state index in [0.29, 0.717) is 5.39 Å². The predicted octanol–water partition coefficient (Wildman–Crippen LogP) is 2.37. The van der Waals surface area contributed by atoms with Crippen molar-refractivity contribution in [3.63, 3.8) is 0 Å². The quantitative estimate of drug-likeness (QED) is 0.556. The molecule has 0 N–H and O–H groups in total. The van der Waals surface area contributed by atoms with Crippen LogP contribution in [0.4, 0.5) is 4.39 Å². The molecule has 1 nitrogen and oxygen atoms in total. The number of aromatic nitrogens is 1. The molecule has 0 aliphatic rings. The molecular weight excluding hydrogens is 140 g/mol. The highest BCUT2D eigenvalue weighted by molar-refractivity contribution is 5.81. The zero-order valence-corrected chi connectivity index (χ0v) is 5.79. The third kappa shape index (κ3) is 0.963. The summed E-state index contributed by atoms with van der Waals surface area (Å²) in [6, 6.07) is 7.26. The summed E-state index contributed by atoms with van der Waals surface area (Å²) in [4.78, 5) is 3.74. The Morgan fingerprint density at radius 2 is 1.91 bits per heavy atom. The first kappa shape index (κ1) is 6.28. The largest absolute Gasteiger partial charge is 0.261 e. The zero-order chi connectivity index (χ0) is 7.68. The van der Waals surface area contributed by atoms with Crippen LogP contribution in [0.25, 0.3) is 10.8 Å². The molecule has 0 amide bonds. The van der Waals surface area contributed by atoms with Crippen LogP contribution in [0.15, 0.2) is 36.7 Å². The van der Waals surface area contributed by atoms with E-state index in [1.54, 1.807) is 12.3 Å². The number of pyridine rings is 1. The highest BCUT2D eigenvalue weighted by Gasteiger charge is 1.96. The minimum atomic E-state index is -0.261. The van der Waals surface area contributed by atoms with Gasteiger partial charge in [0.2, 0.25) is 0 Å². The topological polar surface area (TPSA) is 12.9 Å². The molecule has 1 heterocycles. The fourth-order valence-corrected chi connectivity index (χ4v) is 1.08. The van der Waals surface area contributed by atoms with Gasteiger partial charge in [0.15, 0.2) is 0 Å². The third-order valence-corrected chi connectivity index (χ3v) is 1.62. The number of rotatable bonds is 0. The van der Waals surface area contributed by atoms with Crippen LogP contribution < -0.4 is 0 Å². The van der Waals surface area contributed by atoms with Gasteiger partial charge >= 0.3 is 0 Å². The van der Waals surface area contributed by atoms with Crippen molar-refractivity contribution in [3.05, 3.63) is 42.5 Å². The maximum absolute atomic E-state index is 12.9. The van der Waals surface area contributed by atoms with E-state index in [4.69, 9.17) is 0 Å². The summed E-state index contributed by atoms with van der Waals surface area (Å²) in [6.45, 7) is 0. The molecule has 0 bridgehead atoms. The Morgan fingerprint density at radius 1 is 1.09 bits per heavy atom. The standard InChI is InChI=1S/C9H6FN/c10-9-6-11-5-7-3-1-2-4-8(7)9/h1-6H/i10-1. The van der Waals surface area contributed by atoms with Crippen LogP contribution in [0.2, 0.25) is 0 Å². The maximum Gasteiger partial charge on any atom is 0.149 e. The van der Waals surface area contributed by atoms with Crippen molar-refractivity contribution < 1.29 is 4.39 Å². The summed E-state index contributed by atoms with van der Waals surface area (Å²) in [5.74, 6) is -0.261. The second-order valence-corrected chi connectivity index (χ2v) is 2.34. The van der Waals surface area contributed by atoms with E-state index in [0.717, 1.165) is 5.39 Å². The van der Waals surface area contributed by atoms with Gasteiger partial charge in [-0.05, 0) is 0 Å². The fraction of sp³-hybridized carbons (Fsp3) is 0. The van der Waals surface area contributed by atoms with Crippen LogP contribution >= 0.6 is 0 Å². The first-order chi connectivity index (χ1) is 5.38. The second kappa shape index (κ2) is 2.31. The van der Waals surface area contributed by atoms with Crippen LogP contribution in [0.3, 0.4) is 0 Å². The number of hydrogen-bond donors (Lipinski definition) is 0. The Labute approximate surface area is 63.5 Å². The lowest BCUT2D eigenvalue weighted by Gasteiger charge is -1.95. The minimum absolute atomic E-state index is 0.261. The van der Waals surface area contributed by atoms with Gasteiger partial charge in [-0.1, -0.05) is 24.3 Å². The molecule has 0 saturated carbocycles. The lowest BCUT2D eigenvalue weighted by atomic mass is 10.2. The van der Waals surface area contributed by atoms with Crippen molar-refractivity contribution in [2.75, 3.05) is 0 Å². The van der Waals surface area contributed by atoms with E-state index in [1.807, 2.05) is 18.2 Å². The van der Waals surface area contributed by atoms with Crippen molar-refractivity contribution >= 4 is 10.8 Å². The Balaban J connectivity index is 2.91. The Bertz CT molecular complexity index is 379. The minimum Gasteiger partial charge on any atom is -0.261 e. The van der Waals surface area contributed by atoms with Gasteiger partial charge in [0.1, 0.15) is 5.82 Å². The van der Waals surface area contributed by atoms with Crippen LogP contribution in [-0.4, -0.2) is 4.98 Å². The number of halogens is 1. The summed E-state index contributed by atoms with van der Waals surface area (Å²) < 4.78 is 12.9. The van der Waals surface area contributed by atoms with Crippen LogP contribution in [0.1, 0.15) is 0 Å². The summed E-state index contributed by atoms with van der Waals surface area (Å²) >= 11 is 0. The number of hydrogen-bond acceptors (Lipinski definition) is 1. The monoisotopic (exact) mass is 146 g/mol.